The molecule has 254 valence electrons. The van der Waals surface area contributed by atoms with Crippen LogP contribution >= 0.6 is 0 Å². The number of aliphatic imine (C=N–C) groups is 1. The molecule has 11 rings (SSSR count). The van der Waals surface area contributed by atoms with Gasteiger partial charge in [-0.25, -0.2) is 4.99 Å². The highest BCUT2D eigenvalue weighted by molar-refractivity contribution is 6.11. The summed E-state index contributed by atoms with van der Waals surface area (Å²) >= 11 is 0. The molecule has 5 nitrogen and oxygen atoms in total. The zero-order valence-corrected chi connectivity index (χ0v) is 29.6. The van der Waals surface area contributed by atoms with Crippen LogP contribution in [0.3, 0.4) is 0 Å². The molecule has 0 saturated heterocycles. The Labute approximate surface area is 307 Å². The first-order chi connectivity index (χ1) is 26.0. The van der Waals surface area contributed by atoms with Crippen molar-refractivity contribution in [1.29, 1.82) is 0 Å². The van der Waals surface area contributed by atoms with Gasteiger partial charge in [0.25, 0.3) is 0 Å². The molecule has 3 N–H and O–H groups in total. The summed E-state index contributed by atoms with van der Waals surface area (Å²) in [5, 5.41) is 15.0. The number of hydrogen-bond donors (Lipinski definition) is 3. The molecule has 2 atom stereocenters. The van der Waals surface area contributed by atoms with Crippen molar-refractivity contribution in [2.75, 3.05) is 0 Å². The molecule has 1 aliphatic carbocycles. The molecule has 53 heavy (non-hydrogen) atoms. The highest BCUT2D eigenvalue weighted by Crippen LogP contribution is 2.51. The van der Waals surface area contributed by atoms with Gasteiger partial charge in [0.2, 0.25) is 0 Å². The fourth-order valence-corrected chi connectivity index (χ4v) is 8.87. The molecule has 3 heterocycles. The van der Waals surface area contributed by atoms with Crippen molar-refractivity contribution in [3.05, 3.63) is 186 Å². The number of amidine groups is 1. The standard InChI is InChI=1S/C48H37N5/c1-48(2)39-17-9-7-15-35(39)37-27-38-36-16-8-10-18-42(36)53(43(38)28-40(37)48)44-24-23-41(49-44)47-51-45(33-21-19-29-11-3-5-13-31(29)25-33)50-46(52-47)34-22-20-30-12-4-6-14-32(30)26-34/h3-28,45,47,49,51H,1-2H3,(H,50,52). The van der Waals surface area contributed by atoms with Gasteiger partial charge >= 0.3 is 0 Å². The van der Waals surface area contributed by atoms with Gasteiger partial charge in [-0.15, -0.1) is 0 Å². The van der Waals surface area contributed by atoms with Crippen molar-refractivity contribution in [1.82, 2.24) is 20.2 Å². The second-order valence-corrected chi connectivity index (χ2v) is 15.0. The van der Waals surface area contributed by atoms with Crippen LogP contribution in [0.2, 0.25) is 0 Å². The average molecular weight is 684 g/mol. The Kier molecular flexibility index (Phi) is 6.43. The number of nitrogens with zero attached hydrogens (tertiary/aromatic N) is 2. The maximum Gasteiger partial charge on any atom is 0.131 e. The topological polar surface area (TPSA) is 57.1 Å². The van der Waals surface area contributed by atoms with Crippen LogP contribution in [-0.2, 0) is 5.41 Å². The van der Waals surface area contributed by atoms with E-state index >= 15 is 0 Å². The van der Waals surface area contributed by atoms with Crippen molar-refractivity contribution in [2.45, 2.75) is 31.6 Å². The molecule has 7 aromatic carbocycles. The van der Waals surface area contributed by atoms with Crippen LogP contribution in [0.1, 0.15) is 54.1 Å². The summed E-state index contributed by atoms with van der Waals surface area (Å²) in [5.41, 5.74) is 11.0. The number of H-pyrrole nitrogens is 1. The number of rotatable bonds is 4. The molecular formula is C48H37N5. The Morgan fingerprint density at radius 2 is 1.28 bits per heavy atom. The van der Waals surface area contributed by atoms with Crippen LogP contribution in [0.15, 0.2) is 163 Å². The van der Waals surface area contributed by atoms with Gasteiger partial charge in [0, 0.05) is 21.8 Å². The molecule has 5 heteroatoms. The Balaban J connectivity index is 1.03. The lowest BCUT2D eigenvalue weighted by Crippen LogP contribution is -2.45. The van der Waals surface area contributed by atoms with Crippen LogP contribution in [0.5, 0.6) is 0 Å². The number of para-hydroxylation sites is 1. The Morgan fingerprint density at radius 1 is 0.566 bits per heavy atom. The van der Waals surface area contributed by atoms with Crippen molar-refractivity contribution in [3.63, 3.8) is 0 Å². The van der Waals surface area contributed by atoms with Crippen LogP contribution in [0, 0.1) is 0 Å². The van der Waals surface area contributed by atoms with E-state index in [1.165, 1.54) is 65.6 Å². The first-order valence-corrected chi connectivity index (χ1v) is 18.4. The van der Waals surface area contributed by atoms with Gasteiger partial charge < -0.3 is 10.3 Å². The van der Waals surface area contributed by atoms with Gasteiger partial charge in [-0.3, -0.25) is 9.88 Å². The lowest BCUT2D eigenvalue weighted by Gasteiger charge is -2.31. The smallest absolute Gasteiger partial charge is 0.131 e. The molecule has 0 fully saturated rings. The summed E-state index contributed by atoms with van der Waals surface area (Å²) in [7, 11) is 0. The normalized spacial score (nSPS) is 17.6. The monoisotopic (exact) mass is 683 g/mol. The zero-order chi connectivity index (χ0) is 35.3. The lowest BCUT2D eigenvalue weighted by molar-refractivity contribution is 0.403. The second-order valence-electron chi connectivity index (χ2n) is 15.0. The molecule has 2 aliphatic rings. The highest BCUT2D eigenvalue weighted by Gasteiger charge is 2.36. The van der Waals surface area contributed by atoms with Gasteiger partial charge in [-0.05, 0) is 91.8 Å². The number of aromatic amines is 1. The minimum Gasteiger partial charge on any atom is -0.349 e. The Hall–Kier alpha value is -6.43. The third kappa shape index (κ3) is 4.64. The number of aromatic nitrogens is 2. The van der Waals surface area contributed by atoms with Crippen molar-refractivity contribution in [2.24, 2.45) is 4.99 Å². The van der Waals surface area contributed by atoms with Gasteiger partial charge in [0.1, 0.15) is 24.0 Å². The highest BCUT2D eigenvalue weighted by atomic mass is 15.3. The van der Waals surface area contributed by atoms with Crippen LogP contribution in [0.4, 0.5) is 0 Å². The zero-order valence-electron chi connectivity index (χ0n) is 29.6. The molecule has 2 aromatic heterocycles. The predicted molar refractivity (Wildman–Crippen MR) is 219 cm³/mol. The van der Waals surface area contributed by atoms with E-state index in [0.29, 0.717) is 0 Å². The van der Waals surface area contributed by atoms with Crippen molar-refractivity contribution >= 4 is 49.2 Å². The summed E-state index contributed by atoms with van der Waals surface area (Å²) in [4.78, 5) is 9.15. The number of nitrogens with one attached hydrogen (secondary N) is 3. The fourth-order valence-electron chi connectivity index (χ4n) is 8.87. The summed E-state index contributed by atoms with van der Waals surface area (Å²) in [6, 6.07) is 57.2. The second kappa shape index (κ2) is 11.3. The maximum atomic E-state index is 5.29. The van der Waals surface area contributed by atoms with E-state index in [1.54, 1.807) is 0 Å². The van der Waals surface area contributed by atoms with Gasteiger partial charge in [0.05, 0.1) is 16.7 Å². The average Bonchev–Trinajstić information content (AvgIpc) is 3.88. The van der Waals surface area contributed by atoms with E-state index in [-0.39, 0.29) is 17.7 Å². The molecule has 0 radical (unpaired) electrons. The van der Waals surface area contributed by atoms with Crippen molar-refractivity contribution < 1.29 is 0 Å². The Morgan fingerprint density at radius 3 is 2.13 bits per heavy atom. The van der Waals surface area contributed by atoms with E-state index < -0.39 is 0 Å². The third-order valence-electron chi connectivity index (χ3n) is 11.6. The number of fused-ring (bicyclic) bond motifs is 8. The predicted octanol–water partition coefficient (Wildman–Crippen LogP) is 11.1. The maximum absolute atomic E-state index is 5.29. The molecule has 9 aromatic rings. The first-order valence-electron chi connectivity index (χ1n) is 18.4. The number of benzene rings is 7. The molecule has 0 spiro atoms. The first kappa shape index (κ1) is 30.2. The molecule has 0 amide bonds. The summed E-state index contributed by atoms with van der Waals surface area (Å²) in [5.74, 6) is 1.89. The minimum absolute atomic E-state index is 0.0888. The summed E-state index contributed by atoms with van der Waals surface area (Å²) in [6.45, 7) is 4.70. The van der Waals surface area contributed by atoms with Gasteiger partial charge in [-0.2, -0.15) is 0 Å². The quantitative estimate of drug-likeness (QED) is 0.173. The molecule has 1 aliphatic heterocycles. The third-order valence-corrected chi connectivity index (χ3v) is 11.6. The molecular weight excluding hydrogens is 647 g/mol. The number of hydrogen-bond acceptors (Lipinski definition) is 3. The van der Waals surface area contributed by atoms with E-state index in [2.05, 4.69) is 192 Å². The van der Waals surface area contributed by atoms with E-state index in [1.807, 2.05) is 0 Å². The summed E-state index contributed by atoms with van der Waals surface area (Å²) < 4.78 is 2.40. The molecule has 0 saturated carbocycles. The van der Waals surface area contributed by atoms with Crippen LogP contribution in [-0.4, -0.2) is 15.4 Å². The van der Waals surface area contributed by atoms with E-state index in [4.69, 9.17) is 4.99 Å². The van der Waals surface area contributed by atoms with E-state index in [9.17, 15) is 0 Å². The van der Waals surface area contributed by atoms with Gasteiger partial charge in [0.15, 0.2) is 0 Å². The summed E-state index contributed by atoms with van der Waals surface area (Å²) in [6.07, 6.45) is -0.469. The lowest BCUT2D eigenvalue weighted by atomic mass is 9.82. The van der Waals surface area contributed by atoms with Crippen LogP contribution < -0.4 is 10.6 Å². The SMILES string of the molecule is CC1(C)c2ccccc2-c2cc3c4ccccc4n(-c4ccc(C5NC(c6ccc7ccccc7c6)=NC(c6ccc7ccccc7c6)N5)[nH]4)c3cc21. The Bertz CT molecular complexity index is 2960. The van der Waals surface area contributed by atoms with E-state index in [0.717, 1.165) is 28.5 Å². The largest absolute Gasteiger partial charge is 0.349 e. The molecule has 0 bridgehead atoms. The minimum atomic E-state index is -0.251. The van der Waals surface area contributed by atoms with Gasteiger partial charge in [-0.1, -0.05) is 129 Å². The molecule has 2 unspecified atom stereocenters. The fraction of sp³-hybridized carbons (Fsp3) is 0.104. The van der Waals surface area contributed by atoms with Crippen molar-refractivity contribution in [3.8, 4) is 16.9 Å². The van der Waals surface area contributed by atoms with Crippen LogP contribution in [0.25, 0.3) is 60.3 Å².